The maximum atomic E-state index is 8.76. The summed E-state index contributed by atoms with van der Waals surface area (Å²) in [4.78, 5) is 0. The van der Waals surface area contributed by atoms with Crippen molar-refractivity contribution in [3.8, 4) is 6.07 Å². The van der Waals surface area contributed by atoms with E-state index < -0.39 is 5.92 Å². The van der Waals surface area contributed by atoms with E-state index in [4.69, 9.17) is 10.4 Å². The van der Waals surface area contributed by atoms with Crippen LogP contribution in [-0.4, -0.2) is 21.9 Å². The van der Waals surface area contributed by atoms with Crippen LogP contribution in [0, 0.1) is 18.3 Å². The van der Waals surface area contributed by atoms with Crippen molar-refractivity contribution in [2.24, 2.45) is 0 Å². The van der Waals surface area contributed by atoms with Gasteiger partial charge in [-0.15, -0.1) is 0 Å². The topological polar surface area (TPSA) is 69.8 Å². The number of hydrogen-bond donors (Lipinski definition) is 1. The van der Waals surface area contributed by atoms with Crippen LogP contribution in [0.3, 0.4) is 0 Å². The van der Waals surface area contributed by atoms with Crippen LogP contribution >= 0.6 is 0 Å². The highest BCUT2D eigenvalue weighted by atomic mass is 16.3. The largest absolute Gasteiger partial charge is 0.395 e. The van der Waals surface area contributed by atoms with Crippen LogP contribution in [0.2, 0.25) is 0 Å². The number of hydrogen-bond acceptors (Lipinski definition) is 4. The van der Waals surface area contributed by atoms with Gasteiger partial charge in [0.1, 0.15) is 5.92 Å². The molecule has 1 unspecified atom stereocenters. The number of aryl methyl sites for hydroxylation is 1. The lowest BCUT2D eigenvalue weighted by molar-refractivity contribution is 0.283. The third kappa shape index (κ3) is 1.77. The van der Waals surface area contributed by atoms with Crippen LogP contribution in [0.5, 0.6) is 0 Å². The molecule has 0 spiro atoms. The Morgan fingerprint density at radius 2 is 2.33 bits per heavy atom. The Bertz CT molecular complexity index is 288. The van der Waals surface area contributed by atoms with E-state index >= 15 is 0 Å². The third-order valence-corrected chi connectivity index (χ3v) is 1.51. The van der Waals surface area contributed by atoms with Gasteiger partial charge in [-0.3, -0.25) is 0 Å². The summed E-state index contributed by atoms with van der Waals surface area (Å²) < 4.78 is 0. The molecule has 1 aromatic heterocycles. The second-order valence-corrected chi connectivity index (χ2v) is 2.46. The Morgan fingerprint density at radius 3 is 2.75 bits per heavy atom. The zero-order valence-electron chi connectivity index (χ0n) is 6.73. The number of nitrogens with zero attached hydrogens (tertiary/aromatic N) is 3. The minimum absolute atomic E-state index is 0.214. The van der Waals surface area contributed by atoms with Gasteiger partial charge in [-0.05, 0) is 19.1 Å². The normalized spacial score (nSPS) is 12.1. The number of nitriles is 1. The smallest absolute Gasteiger partial charge is 0.113 e. The van der Waals surface area contributed by atoms with Crippen LogP contribution in [0.15, 0.2) is 12.1 Å². The molecule has 0 aliphatic carbocycles. The minimum Gasteiger partial charge on any atom is -0.395 e. The van der Waals surface area contributed by atoms with Crippen molar-refractivity contribution in [2.45, 2.75) is 12.8 Å². The van der Waals surface area contributed by atoms with E-state index in [0.717, 1.165) is 5.69 Å². The van der Waals surface area contributed by atoms with Crippen LogP contribution < -0.4 is 0 Å². The number of rotatable bonds is 2. The van der Waals surface area contributed by atoms with E-state index in [1.54, 1.807) is 12.1 Å². The molecule has 62 valence electrons. The lowest BCUT2D eigenvalue weighted by atomic mass is 10.1. The molecule has 1 atom stereocenters. The highest BCUT2D eigenvalue weighted by Gasteiger charge is 2.09. The van der Waals surface area contributed by atoms with Crippen molar-refractivity contribution in [1.29, 1.82) is 5.26 Å². The Balaban J connectivity index is 2.89. The lowest BCUT2D eigenvalue weighted by Gasteiger charge is -2.02. The van der Waals surface area contributed by atoms with E-state index in [2.05, 4.69) is 10.2 Å². The first-order valence-electron chi connectivity index (χ1n) is 3.58. The molecule has 0 aromatic carbocycles. The van der Waals surface area contributed by atoms with Gasteiger partial charge >= 0.3 is 0 Å². The van der Waals surface area contributed by atoms with Crippen molar-refractivity contribution in [1.82, 2.24) is 10.2 Å². The van der Waals surface area contributed by atoms with E-state index in [0.29, 0.717) is 5.69 Å². The molecule has 12 heavy (non-hydrogen) atoms. The highest BCUT2D eigenvalue weighted by Crippen LogP contribution is 2.09. The molecule has 1 aromatic rings. The summed E-state index contributed by atoms with van der Waals surface area (Å²) in [5.74, 6) is -0.557. The summed E-state index contributed by atoms with van der Waals surface area (Å²) in [7, 11) is 0. The van der Waals surface area contributed by atoms with Crippen molar-refractivity contribution >= 4 is 0 Å². The summed E-state index contributed by atoms with van der Waals surface area (Å²) in [6.07, 6.45) is 0. The molecule has 1 heterocycles. The average Bonchev–Trinajstić information content (AvgIpc) is 2.10. The first-order valence-corrected chi connectivity index (χ1v) is 3.58. The van der Waals surface area contributed by atoms with Gasteiger partial charge in [0.15, 0.2) is 0 Å². The first-order chi connectivity index (χ1) is 5.77. The maximum Gasteiger partial charge on any atom is 0.113 e. The molecule has 1 N–H and O–H groups in total. The van der Waals surface area contributed by atoms with Gasteiger partial charge in [-0.25, -0.2) is 0 Å². The zero-order chi connectivity index (χ0) is 8.97. The number of aromatic nitrogens is 2. The molecule has 0 fully saturated rings. The van der Waals surface area contributed by atoms with Crippen molar-refractivity contribution in [2.75, 3.05) is 6.61 Å². The van der Waals surface area contributed by atoms with Crippen molar-refractivity contribution in [3.63, 3.8) is 0 Å². The van der Waals surface area contributed by atoms with E-state index in [1.807, 2.05) is 13.0 Å². The fourth-order valence-corrected chi connectivity index (χ4v) is 0.796. The summed E-state index contributed by atoms with van der Waals surface area (Å²) >= 11 is 0. The molecule has 0 aliphatic rings. The molecule has 0 saturated heterocycles. The average molecular weight is 163 g/mol. The monoisotopic (exact) mass is 163 g/mol. The predicted octanol–water partition coefficient (Wildman–Crippen LogP) is 0.384. The number of aliphatic hydroxyl groups is 1. The molecule has 0 aliphatic heterocycles. The van der Waals surface area contributed by atoms with Crippen LogP contribution in [0.4, 0.5) is 0 Å². The summed E-state index contributed by atoms with van der Waals surface area (Å²) in [6, 6.07) is 5.40. The molecule has 0 amide bonds. The Labute approximate surface area is 70.5 Å². The van der Waals surface area contributed by atoms with Crippen LogP contribution in [0.1, 0.15) is 17.3 Å². The summed E-state index contributed by atoms with van der Waals surface area (Å²) in [5, 5.41) is 24.9. The molecule has 4 nitrogen and oxygen atoms in total. The minimum atomic E-state index is -0.557. The van der Waals surface area contributed by atoms with Gasteiger partial charge in [-0.2, -0.15) is 15.5 Å². The van der Waals surface area contributed by atoms with Gasteiger partial charge in [0.2, 0.25) is 0 Å². The number of aliphatic hydroxyl groups excluding tert-OH is 1. The second-order valence-electron chi connectivity index (χ2n) is 2.46. The highest BCUT2D eigenvalue weighted by molar-refractivity contribution is 5.16. The molecule has 0 saturated carbocycles. The maximum absolute atomic E-state index is 8.76. The van der Waals surface area contributed by atoms with Gasteiger partial charge in [-0.1, -0.05) is 0 Å². The molecule has 1 rings (SSSR count). The SMILES string of the molecule is Cc1ccc(C(C#N)CO)nn1. The van der Waals surface area contributed by atoms with Crippen LogP contribution in [-0.2, 0) is 0 Å². The fourth-order valence-electron chi connectivity index (χ4n) is 0.796. The summed E-state index contributed by atoms with van der Waals surface area (Å²) in [6.45, 7) is 1.60. The quantitative estimate of drug-likeness (QED) is 0.684. The second kappa shape index (κ2) is 3.79. The van der Waals surface area contributed by atoms with Crippen LogP contribution in [0.25, 0.3) is 0 Å². The zero-order valence-corrected chi connectivity index (χ0v) is 6.73. The Kier molecular flexibility index (Phi) is 2.72. The van der Waals surface area contributed by atoms with Crippen molar-refractivity contribution in [3.05, 3.63) is 23.5 Å². The molecule has 0 bridgehead atoms. The lowest BCUT2D eigenvalue weighted by Crippen LogP contribution is -2.04. The standard InChI is InChI=1S/C8H9N3O/c1-6-2-3-8(11-10-6)7(4-9)5-12/h2-3,7,12H,5H2,1H3. The Morgan fingerprint density at radius 1 is 1.58 bits per heavy atom. The molecule has 4 heteroatoms. The van der Waals surface area contributed by atoms with E-state index in [9.17, 15) is 0 Å². The molecular weight excluding hydrogens is 154 g/mol. The predicted molar refractivity (Wildman–Crippen MR) is 42.2 cm³/mol. The molecular formula is C8H9N3O. The van der Waals surface area contributed by atoms with Gasteiger partial charge in [0.05, 0.1) is 24.1 Å². The molecule has 0 radical (unpaired) electrons. The first kappa shape index (κ1) is 8.62. The van der Waals surface area contributed by atoms with Crippen molar-refractivity contribution < 1.29 is 5.11 Å². The van der Waals surface area contributed by atoms with Gasteiger partial charge in [0.25, 0.3) is 0 Å². The third-order valence-electron chi connectivity index (χ3n) is 1.51. The Hall–Kier alpha value is -1.47. The van der Waals surface area contributed by atoms with E-state index in [-0.39, 0.29) is 6.61 Å². The summed E-state index contributed by atoms with van der Waals surface area (Å²) in [5.41, 5.74) is 1.32. The van der Waals surface area contributed by atoms with Gasteiger partial charge in [0, 0.05) is 0 Å². The van der Waals surface area contributed by atoms with E-state index in [1.165, 1.54) is 0 Å². The van der Waals surface area contributed by atoms with Gasteiger partial charge < -0.3 is 5.11 Å². The fraction of sp³-hybridized carbons (Fsp3) is 0.375.